The Morgan fingerprint density at radius 1 is 1.21 bits per heavy atom. The monoisotopic (exact) mass is 202 g/mol. The minimum Gasteiger partial charge on any atom is -0.545 e. The average Bonchev–Trinajstić information content (AvgIpc) is 1.94. The third kappa shape index (κ3) is 6.01. The summed E-state index contributed by atoms with van der Waals surface area (Å²) in [4.78, 5) is 29.1. The molecular formula is C8H10O6-2. The zero-order chi connectivity index (χ0) is 11.4. The van der Waals surface area contributed by atoms with Gasteiger partial charge in [-0.05, 0) is 20.8 Å². The van der Waals surface area contributed by atoms with Crippen molar-refractivity contribution in [1.29, 1.82) is 0 Å². The van der Waals surface area contributed by atoms with Crippen molar-refractivity contribution in [3.05, 3.63) is 11.8 Å². The first kappa shape index (κ1) is 12.4. The van der Waals surface area contributed by atoms with Crippen LogP contribution in [-0.2, 0) is 19.4 Å². The number of aliphatic carboxylic acids is 2. The molecule has 0 fully saturated rings. The molecule has 0 aliphatic carbocycles. The van der Waals surface area contributed by atoms with E-state index in [1.54, 1.807) is 20.8 Å². The molecule has 0 saturated carbocycles. The van der Waals surface area contributed by atoms with E-state index in [9.17, 15) is 19.8 Å². The van der Waals surface area contributed by atoms with Crippen LogP contribution in [0.2, 0.25) is 0 Å². The Hall–Kier alpha value is -1.56. The normalized spacial score (nSPS) is 12.4. The van der Waals surface area contributed by atoms with E-state index in [0.717, 1.165) is 0 Å². The van der Waals surface area contributed by atoms with Gasteiger partial charge in [0.2, 0.25) is 0 Å². The first-order chi connectivity index (χ1) is 6.22. The number of hydrogen-bond donors (Lipinski definition) is 0. The summed E-state index contributed by atoms with van der Waals surface area (Å²) in [7, 11) is 0. The van der Waals surface area contributed by atoms with Crippen LogP contribution in [0.25, 0.3) is 0 Å². The van der Waals surface area contributed by atoms with Crippen molar-refractivity contribution in [2.24, 2.45) is 0 Å². The summed E-state index contributed by atoms with van der Waals surface area (Å²) in [6.07, 6.45) is 0.237. The Bertz CT molecular complexity index is 259. The minimum absolute atomic E-state index is 0.237. The van der Waals surface area contributed by atoms with Crippen molar-refractivity contribution >= 4 is 11.9 Å². The topological polar surface area (TPSA) is 98.7 Å². The number of carboxylic acids is 2. The first-order valence-corrected chi connectivity index (χ1v) is 3.72. The van der Waals surface area contributed by atoms with Crippen molar-refractivity contribution < 1.29 is 29.6 Å². The molecule has 0 saturated heterocycles. The Morgan fingerprint density at radius 3 is 2.00 bits per heavy atom. The zero-order valence-electron chi connectivity index (χ0n) is 8.03. The smallest absolute Gasteiger partial charge is 0.189 e. The molecule has 0 rings (SSSR count). The minimum atomic E-state index is -1.79. The third-order valence-electron chi connectivity index (χ3n) is 0.832. The fourth-order valence-electron chi connectivity index (χ4n) is 0.394. The molecular weight excluding hydrogens is 192 g/mol. The van der Waals surface area contributed by atoms with Gasteiger partial charge in [0.15, 0.2) is 5.76 Å². The standard InChI is InChI=1S/C8H12O6/c1-8(2,3)14-13-5(7(11)12)4-6(9)10/h4H,1-3H3,(H,9,10)(H,11,12)/p-2/b5-4+. The maximum absolute atomic E-state index is 10.3. The van der Waals surface area contributed by atoms with Crippen molar-refractivity contribution in [2.75, 3.05) is 0 Å². The number of carbonyl (C=O) groups excluding carboxylic acids is 2. The Balaban J connectivity index is 4.41. The SMILES string of the molecule is CC(C)(C)OO/C(=C/C(=O)[O-])C(=O)[O-]. The quantitative estimate of drug-likeness (QED) is 0.229. The van der Waals surface area contributed by atoms with Crippen LogP contribution in [0, 0.1) is 0 Å². The van der Waals surface area contributed by atoms with Gasteiger partial charge in [0.25, 0.3) is 0 Å². The number of carboxylic acid groups (broad SMARTS) is 2. The van der Waals surface area contributed by atoms with Crippen LogP contribution >= 0.6 is 0 Å². The number of hydrogen-bond acceptors (Lipinski definition) is 6. The highest BCUT2D eigenvalue weighted by atomic mass is 17.2. The molecule has 0 heterocycles. The van der Waals surface area contributed by atoms with Crippen LogP contribution in [0.4, 0.5) is 0 Å². The molecule has 0 aromatic carbocycles. The molecule has 0 bridgehead atoms. The molecule has 0 N–H and O–H groups in total. The largest absolute Gasteiger partial charge is 0.545 e. The van der Waals surface area contributed by atoms with Gasteiger partial charge in [-0.15, -0.1) is 0 Å². The van der Waals surface area contributed by atoms with E-state index < -0.39 is 23.3 Å². The van der Waals surface area contributed by atoms with Gasteiger partial charge in [-0.3, -0.25) is 0 Å². The lowest BCUT2D eigenvalue weighted by Gasteiger charge is -2.19. The van der Waals surface area contributed by atoms with Crippen LogP contribution in [0.3, 0.4) is 0 Å². The molecule has 0 aromatic rings. The summed E-state index contributed by atoms with van der Waals surface area (Å²) in [6, 6.07) is 0. The van der Waals surface area contributed by atoms with Crippen molar-refractivity contribution in [2.45, 2.75) is 26.4 Å². The van der Waals surface area contributed by atoms with E-state index >= 15 is 0 Å². The molecule has 0 radical (unpaired) electrons. The van der Waals surface area contributed by atoms with Gasteiger partial charge in [-0.2, -0.15) is 4.89 Å². The van der Waals surface area contributed by atoms with Gasteiger partial charge >= 0.3 is 0 Å². The Morgan fingerprint density at radius 2 is 1.71 bits per heavy atom. The molecule has 0 aliphatic heterocycles. The average molecular weight is 202 g/mol. The molecule has 0 spiro atoms. The summed E-state index contributed by atoms with van der Waals surface area (Å²) in [6.45, 7) is 4.79. The van der Waals surface area contributed by atoms with Gasteiger partial charge < -0.3 is 24.7 Å². The predicted molar refractivity (Wildman–Crippen MR) is 40.0 cm³/mol. The van der Waals surface area contributed by atoms with E-state index in [2.05, 4.69) is 9.78 Å². The van der Waals surface area contributed by atoms with Crippen LogP contribution in [-0.4, -0.2) is 17.5 Å². The van der Waals surface area contributed by atoms with Crippen molar-refractivity contribution in [1.82, 2.24) is 0 Å². The fourth-order valence-corrected chi connectivity index (χ4v) is 0.394. The highest BCUT2D eigenvalue weighted by molar-refractivity contribution is 5.90. The molecule has 0 aromatic heterocycles. The van der Waals surface area contributed by atoms with Crippen LogP contribution in [0.5, 0.6) is 0 Å². The summed E-state index contributed by atoms with van der Waals surface area (Å²) in [5, 5.41) is 20.3. The molecule has 6 nitrogen and oxygen atoms in total. The predicted octanol–water partition coefficient (Wildman–Crippen LogP) is -1.88. The maximum atomic E-state index is 10.3. The Labute approximate surface area is 80.7 Å². The molecule has 80 valence electrons. The second kappa shape index (κ2) is 4.61. The third-order valence-corrected chi connectivity index (χ3v) is 0.832. The summed E-state index contributed by atoms with van der Waals surface area (Å²) in [5.74, 6) is -4.44. The molecule has 0 amide bonds. The molecule has 14 heavy (non-hydrogen) atoms. The van der Waals surface area contributed by atoms with E-state index in [1.807, 2.05) is 0 Å². The van der Waals surface area contributed by atoms with Gasteiger partial charge in [-0.1, -0.05) is 0 Å². The number of rotatable bonds is 4. The van der Waals surface area contributed by atoms with Crippen molar-refractivity contribution in [3.8, 4) is 0 Å². The van der Waals surface area contributed by atoms with Gasteiger partial charge in [0.05, 0.1) is 5.97 Å². The van der Waals surface area contributed by atoms with Crippen LogP contribution in [0.1, 0.15) is 20.8 Å². The van der Waals surface area contributed by atoms with Crippen molar-refractivity contribution in [3.63, 3.8) is 0 Å². The molecule has 0 aliphatic rings. The van der Waals surface area contributed by atoms with E-state index in [4.69, 9.17) is 0 Å². The maximum Gasteiger partial charge on any atom is 0.189 e. The summed E-state index contributed by atoms with van der Waals surface area (Å²) in [5.41, 5.74) is -0.763. The lowest BCUT2D eigenvalue weighted by molar-refractivity contribution is -0.347. The highest BCUT2D eigenvalue weighted by Gasteiger charge is 2.14. The highest BCUT2D eigenvalue weighted by Crippen LogP contribution is 2.10. The molecule has 6 heteroatoms. The van der Waals surface area contributed by atoms with E-state index in [-0.39, 0.29) is 6.08 Å². The lowest BCUT2D eigenvalue weighted by Crippen LogP contribution is -2.31. The van der Waals surface area contributed by atoms with Crippen LogP contribution in [0.15, 0.2) is 11.8 Å². The van der Waals surface area contributed by atoms with Gasteiger partial charge in [0.1, 0.15) is 11.6 Å². The summed E-state index contributed by atoms with van der Waals surface area (Å²) < 4.78 is 0. The van der Waals surface area contributed by atoms with E-state index in [0.29, 0.717) is 0 Å². The summed E-state index contributed by atoms with van der Waals surface area (Å²) >= 11 is 0. The molecule has 0 atom stereocenters. The zero-order valence-corrected chi connectivity index (χ0v) is 8.03. The second-order valence-corrected chi connectivity index (χ2v) is 3.39. The first-order valence-electron chi connectivity index (χ1n) is 3.72. The second-order valence-electron chi connectivity index (χ2n) is 3.39. The fraction of sp³-hybridized carbons (Fsp3) is 0.500. The molecule has 0 unspecified atom stereocenters. The number of carbonyl (C=O) groups is 2. The van der Waals surface area contributed by atoms with Gasteiger partial charge in [0, 0.05) is 6.08 Å². The van der Waals surface area contributed by atoms with Gasteiger partial charge in [-0.25, -0.2) is 0 Å². The van der Waals surface area contributed by atoms with Crippen LogP contribution < -0.4 is 10.2 Å². The van der Waals surface area contributed by atoms with E-state index in [1.165, 1.54) is 0 Å². The lowest BCUT2D eigenvalue weighted by atomic mass is 10.2. The Kier molecular flexibility index (Phi) is 4.10.